The van der Waals surface area contributed by atoms with Crippen molar-refractivity contribution in [2.24, 2.45) is 0 Å². The standard InChI is InChI=1S/C16H21FN2O.C16H22N2O.C15H19FN2O/c1-3-18-7-6-11-9-19-15-10(2)14(17)12-5-4-8-20-16(12)13(11)15;1-3-17-7-6-13-10-18-15-11(2)9-12-5-4-8-19-16(12)14(13)15;1-9-13(16)11-4-3-7-19-15(11)12-10(5-6-17-2)8-18-14(9)12/h9,18-19H,3-8H2,1-2H3;9-10,17-18H,3-8H2,1-2H3;8,17-18H,3-7H2,1-2H3. The molecule has 0 fully saturated rings. The minimum atomic E-state index is -0.107. The lowest BCUT2D eigenvalue weighted by Gasteiger charge is -2.21. The van der Waals surface area contributed by atoms with Crippen molar-refractivity contribution in [3.05, 3.63) is 86.4 Å². The Bertz CT molecular complexity index is 2360. The van der Waals surface area contributed by atoms with Crippen molar-refractivity contribution in [2.75, 3.05) is 59.6 Å². The van der Waals surface area contributed by atoms with E-state index >= 15 is 0 Å². The number of fused-ring (bicyclic) bond motifs is 9. The molecule has 9 rings (SSSR count). The Balaban J connectivity index is 0.000000132. The van der Waals surface area contributed by atoms with Crippen molar-refractivity contribution in [3.8, 4) is 17.2 Å². The van der Waals surface area contributed by atoms with Gasteiger partial charge < -0.3 is 45.1 Å². The molecule has 312 valence electrons. The zero-order valence-corrected chi connectivity index (χ0v) is 35.3. The zero-order chi connectivity index (χ0) is 40.8. The number of hydrogen-bond donors (Lipinski definition) is 6. The summed E-state index contributed by atoms with van der Waals surface area (Å²) in [4.78, 5) is 9.86. The molecule has 6 N–H and O–H groups in total. The lowest BCUT2D eigenvalue weighted by molar-refractivity contribution is 0.287. The molecule has 0 spiro atoms. The van der Waals surface area contributed by atoms with Crippen molar-refractivity contribution in [3.63, 3.8) is 0 Å². The second-order valence-electron chi connectivity index (χ2n) is 15.8. The van der Waals surface area contributed by atoms with E-state index in [9.17, 15) is 8.78 Å². The summed E-state index contributed by atoms with van der Waals surface area (Å²) in [6.07, 6.45) is 14.6. The minimum absolute atomic E-state index is 0.104. The normalized spacial score (nSPS) is 14.4. The molecule has 0 bridgehead atoms. The smallest absolute Gasteiger partial charge is 0.135 e. The Morgan fingerprint density at radius 1 is 0.586 bits per heavy atom. The van der Waals surface area contributed by atoms with E-state index in [4.69, 9.17) is 14.2 Å². The summed E-state index contributed by atoms with van der Waals surface area (Å²) >= 11 is 0. The van der Waals surface area contributed by atoms with Gasteiger partial charge in [0.15, 0.2) is 0 Å². The molecule has 0 radical (unpaired) electrons. The first-order valence-corrected chi connectivity index (χ1v) is 21.5. The average Bonchev–Trinajstić information content (AvgIpc) is 4.00. The van der Waals surface area contributed by atoms with Crippen molar-refractivity contribution in [1.29, 1.82) is 0 Å². The van der Waals surface area contributed by atoms with Gasteiger partial charge in [-0.3, -0.25) is 0 Å². The van der Waals surface area contributed by atoms with E-state index in [-0.39, 0.29) is 11.6 Å². The van der Waals surface area contributed by atoms with Gasteiger partial charge in [-0.05, 0) is 146 Å². The molecule has 6 heterocycles. The maximum Gasteiger partial charge on any atom is 0.135 e. The first kappa shape index (κ1) is 41.6. The summed E-state index contributed by atoms with van der Waals surface area (Å²) in [5.41, 5.74) is 12.4. The third-order valence-electron chi connectivity index (χ3n) is 11.9. The van der Waals surface area contributed by atoms with Crippen molar-refractivity contribution in [2.45, 2.75) is 92.4 Å². The molecule has 3 aromatic carbocycles. The Morgan fingerprint density at radius 3 is 1.50 bits per heavy atom. The van der Waals surface area contributed by atoms with Crippen LogP contribution in [0.3, 0.4) is 0 Å². The Hall–Kier alpha value is -4.58. The number of rotatable bonds is 11. The fraction of sp³-hybridized carbons (Fsp3) is 0.489. The fourth-order valence-electron chi connectivity index (χ4n) is 8.86. The van der Waals surface area contributed by atoms with Gasteiger partial charge in [-0.2, -0.15) is 0 Å². The number of benzene rings is 3. The second kappa shape index (κ2) is 19.0. The van der Waals surface area contributed by atoms with Gasteiger partial charge in [0.25, 0.3) is 0 Å². The van der Waals surface area contributed by atoms with Gasteiger partial charge in [0.05, 0.1) is 36.4 Å². The third kappa shape index (κ3) is 8.31. The molecular weight excluding hydrogens is 735 g/mol. The summed E-state index contributed by atoms with van der Waals surface area (Å²) in [6.45, 7) is 17.2. The van der Waals surface area contributed by atoms with Crippen LogP contribution in [-0.4, -0.2) is 74.5 Å². The van der Waals surface area contributed by atoms with E-state index in [0.29, 0.717) is 24.3 Å². The molecule has 0 saturated heterocycles. The summed E-state index contributed by atoms with van der Waals surface area (Å²) in [7, 11) is 1.94. The summed E-state index contributed by atoms with van der Waals surface area (Å²) < 4.78 is 46.3. The molecule has 0 amide bonds. The third-order valence-corrected chi connectivity index (χ3v) is 11.9. The van der Waals surface area contributed by atoms with Crippen LogP contribution in [0.5, 0.6) is 17.2 Å². The number of aromatic nitrogens is 3. The van der Waals surface area contributed by atoms with Crippen LogP contribution < -0.4 is 30.2 Å². The van der Waals surface area contributed by atoms with Crippen LogP contribution in [0, 0.1) is 32.4 Å². The highest BCUT2D eigenvalue weighted by atomic mass is 19.1. The van der Waals surface area contributed by atoms with Crippen LogP contribution in [0.2, 0.25) is 0 Å². The lowest BCUT2D eigenvalue weighted by atomic mass is 9.97. The van der Waals surface area contributed by atoms with Crippen LogP contribution >= 0.6 is 0 Å². The maximum atomic E-state index is 14.4. The lowest BCUT2D eigenvalue weighted by Crippen LogP contribution is -2.16. The van der Waals surface area contributed by atoms with Crippen LogP contribution in [0.25, 0.3) is 32.7 Å². The highest BCUT2D eigenvalue weighted by Crippen LogP contribution is 2.42. The molecule has 6 aromatic rings. The van der Waals surface area contributed by atoms with Crippen molar-refractivity contribution in [1.82, 2.24) is 30.9 Å². The van der Waals surface area contributed by atoms with E-state index in [1.165, 1.54) is 38.7 Å². The molecule has 58 heavy (non-hydrogen) atoms. The summed E-state index contributed by atoms with van der Waals surface area (Å²) in [5.74, 6) is 2.44. The van der Waals surface area contributed by atoms with Crippen LogP contribution in [0.1, 0.15) is 83.2 Å². The number of nitrogens with one attached hydrogen (secondary N) is 6. The number of aromatic amines is 3. The molecular formula is C47H62F2N6O3. The van der Waals surface area contributed by atoms with E-state index in [1.54, 1.807) is 0 Å². The highest BCUT2D eigenvalue weighted by Gasteiger charge is 2.26. The van der Waals surface area contributed by atoms with Gasteiger partial charge in [-0.1, -0.05) is 19.9 Å². The SMILES string of the molecule is CCNCCc1c[nH]c2c(C)c(F)c3c(c12)OCCC3.CCNCCc1c[nH]c2c(C)cc3c(c12)OCCC3.CNCCc1c[nH]c2c(C)c(F)c3c(c12)OCCC3. The van der Waals surface area contributed by atoms with E-state index in [1.807, 2.05) is 33.3 Å². The average molecular weight is 797 g/mol. The maximum absolute atomic E-state index is 14.4. The number of halogens is 2. The number of likely N-dealkylation sites (N-methyl/N-ethyl adjacent to an activating group) is 3. The molecule has 3 aliphatic rings. The van der Waals surface area contributed by atoms with Crippen molar-refractivity contribution < 1.29 is 23.0 Å². The molecule has 3 aromatic heterocycles. The predicted octanol–water partition coefficient (Wildman–Crippen LogP) is 8.75. The quantitative estimate of drug-likeness (QED) is 0.0733. The molecule has 0 saturated carbocycles. The van der Waals surface area contributed by atoms with Crippen molar-refractivity contribution >= 4 is 32.7 Å². The largest absolute Gasteiger partial charge is 0.493 e. The van der Waals surface area contributed by atoms with Gasteiger partial charge in [-0.15, -0.1) is 0 Å². The number of aryl methyl sites for hydroxylation is 4. The molecule has 0 atom stereocenters. The molecule has 3 aliphatic heterocycles. The molecule has 0 aliphatic carbocycles. The molecule has 9 nitrogen and oxygen atoms in total. The zero-order valence-electron chi connectivity index (χ0n) is 35.3. The van der Waals surface area contributed by atoms with Gasteiger partial charge in [0.2, 0.25) is 0 Å². The fourth-order valence-corrected chi connectivity index (χ4v) is 8.86. The second-order valence-corrected chi connectivity index (χ2v) is 15.8. The van der Waals surface area contributed by atoms with Gasteiger partial charge in [0, 0.05) is 57.0 Å². The van der Waals surface area contributed by atoms with Crippen LogP contribution in [-0.2, 0) is 38.5 Å². The Morgan fingerprint density at radius 2 is 1.02 bits per heavy atom. The monoisotopic (exact) mass is 796 g/mol. The number of H-pyrrole nitrogens is 3. The first-order chi connectivity index (χ1) is 28.3. The van der Waals surface area contributed by atoms with E-state index in [0.717, 1.165) is 147 Å². The van der Waals surface area contributed by atoms with Crippen LogP contribution in [0.15, 0.2) is 24.7 Å². The number of hydrogen-bond acceptors (Lipinski definition) is 6. The topological polar surface area (TPSA) is 111 Å². The Kier molecular flexibility index (Phi) is 13.6. The summed E-state index contributed by atoms with van der Waals surface area (Å²) in [5, 5.41) is 13.3. The summed E-state index contributed by atoms with van der Waals surface area (Å²) in [6, 6.07) is 2.28. The molecule has 0 unspecified atom stereocenters. The minimum Gasteiger partial charge on any atom is -0.493 e. The van der Waals surface area contributed by atoms with Gasteiger partial charge in [0.1, 0.15) is 28.9 Å². The Labute approximate surface area is 341 Å². The predicted molar refractivity (Wildman–Crippen MR) is 233 cm³/mol. The number of ether oxygens (including phenoxy) is 3. The van der Waals surface area contributed by atoms with Gasteiger partial charge in [-0.25, -0.2) is 8.78 Å². The van der Waals surface area contributed by atoms with Crippen LogP contribution in [0.4, 0.5) is 8.78 Å². The van der Waals surface area contributed by atoms with E-state index in [2.05, 4.69) is 63.9 Å². The van der Waals surface area contributed by atoms with E-state index < -0.39 is 0 Å². The van der Waals surface area contributed by atoms with Gasteiger partial charge >= 0.3 is 0 Å². The molecule has 11 heteroatoms. The first-order valence-electron chi connectivity index (χ1n) is 21.5. The highest BCUT2D eigenvalue weighted by molar-refractivity contribution is 5.95.